The Labute approximate surface area is 170 Å². The van der Waals surface area contributed by atoms with Crippen molar-refractivity contribution in [3.63, 3.8) is 0 Å². The molecule has 2 atom stereocenters. The second kappa shape index (κ2) is 9.36. The van der Waals surface area contributed by atoms with E-state index in [1.54, 1.807) is 0 Å². The number of ether oxygens (including phenoxy) is 1. The van der Waals surface area contributed by atoms with Gasteiger partial charge in [-0.3, -0.25) is 0 Å². The largest absolute Gasteiger partial charge is 0.416 e. The average molecular weight is 440 g/mol. The number of hydrogen-bond acceptors (Lipinski definition) is 2. The molecule has 2 aromatic rings. The zero-order chi connectivity index (χ0) is 20.4. The van der Waals surface area contributed by atoms with E-state index in [1.807, 2.05) is 30.3 Å². The summed E-state index contributed by atoms with van der Waals surface area (Å²) in [5, 5.41) is 3.24. The lowest BCUT2D eigenvalue weighted by molar-refractivity contribution is -0.143. The van der Waals surface area contributed by atoms with Gasteiger partial charge in [-0.1, -0.05) is 30.3 Å². The first-order valence-electron chi connectivity index (χ1n) is 8.80. The lowest BCUT2D eigenvalue weighted by atomic mass is 9.89. The van der Waals surface area contributed by atoms with Crippen LogP contribution in [0, 0.1) is 0 Å². The highest BCUT2D eigenvalue weighted by Gasteiger charge is 2.37. The van der Waals surface area contributed by atoms with Gasteiger partial charge in [0.2, 0.25) is 0 Å². The number of hydrogen-bond donors (Lipinski definition) is 1. The number of piperidine rings is 1. The maximum Gasteiger partial charge on any atom is 0.416 e. The lowest BCUT2D eigenvalue weighted by Gasteiger charge is -2.32. The van der Waals surface area contributed by atoms with Crippen molar-refractivity contribution >= 4 is 12.4 Å². The SMILES string of the molecule is Cl.FC(F)(F)c1cc(CO[C@H]2CCNC[C@H]2c2ccccc2)cc(C(F)(F)F)c1. The smallest absolute Gasteiger partial charge is 0.373 e. The Kier molecular flexibility index (Phi) is 7.59. The Balaban J connectivity index is 0.00000300. The van der Waals surface area contributed by atoms with Crippen LogP contribution in [0.5, 0.6) is 0 Å². The normalized spacial score (nSPS) is 20.2. The van der Waals surface area contributed by atoms with E-state index in [9.17, 15) is 26.3 Å². The Morgan fingerprint density at radius 1 is 0.897 bits per heavy atom. The molecule has 29 heavy (non-hydrogen) atoms. The van der Waals surface area contributed by atoms with Crippen LogP contribution in [-0.4, -0.2) is 19.2 Å². The fourth-order valence-electron chi connectivity index (χ4n) is 3.37. The summed E-state index contributed by atoms with van der Waals surface area (Å²) in [6.07, 6.45) is -9.41. The maximum absolute atomic E-state index is 13.0. The molecule has 1 fully saturated rings. The Hall–Kier alpha value is -1.77. The van der Waals surface area contributed by atoms with Crippen molar-refractivity contribution in [2.45, 2.75) is 37.4 Å². The van der Waals surface area contributed by atoms with Crippen LogP contribution in [0.4, 0.5) is 26.3 Å². The van der Waals surface area contributed by atoms with Crippen LogP contribution in [-0.2, 0) is 23.7 Å². The highest BCUT2D eigenvalue weighted by Crippen LogP contribution is 2.37. The fourth-order valence-corrected chi connectivity index (χ4v) is 3.37. The van der Waals surface area contributed by atoms with Crippen LogP contribution in [0.3, 0.4) is 0 Å². The average Bonchev–Trinajstić information content (AvgIpc) is 2.66. The lowest BCUT2D eigenvalue weighted by Crippen LogP contribution is -2.39. The van der Waals surface area contributed by atoms with E-state index in [1.165, 1.54) is 0 Å². The summed E-state index contributed by atoms with van der Waals surface area (Å²) in [5.74, 6) is -0.0252. The van der Waals surface area contributed by atoms with Crippen LogP contribution >= 0.6 is 12.4 Å². The van der Waals surface area contributed by atoms with Gasteiger partial charge in [-0.25, -0.2) is 0 Å². The zero-order valence-electron chi connectivity index (χ0n) is 15.2. The second-order valence-electron chi connectivity index (χ2n) is 6.77. The van der Waals surface area contributed by atoms with Crippen LogP contribution in [0.2, 0.25) is 0 Å². The summed E-state index contributed by atoms with van der Waals surface area (Å²) in [6.45, 7) is 0.983. The van der Waals surface area contributed by atoms with E-state index in [0.29, 0.717) is 31.6 Å². The molecule has 160 valence electrons. The van der Waals surface area contributed by atoms with E-state index in [4.69, 9.17) is 4.74 Å². The maximum atomic E-state index is 13.0. The van der Waals surface area contributed by atoms with Gasteiger partial charge < -0.3 is 10.1 Å². The van der Waals surface area contributed by atoms with Gasteiger partial charge in [0.15, 0.2) is 0 Å². The minimum Gasteiger partial charge on any atom is -0.373 e. The molecule has 0 unspecified atom stereocenters. The Bertz CT molecular complexity index is 762. The Morgan fingerprint density at radius 2 is 1.48 bits per heavy atom. The third-order valence-corrected chi connectivity index (χ3v) is 4.76. The summed E-state index contributed by atoms with van der Waals surface area (Å²) in [4.78, 5) is 0. The van der Waals surface area contributed by atoms with Crippen molar-refractivity contribution in [3.8, 4) is 0 Å². The van der Waals surface area contributed by atoms with Gasteiger partial charge in [-0.2, -0.15) is 26.3 Å². The topological polar surface area (TPSA) is 21.3 Å². The fraction of sp³-hybridized carbons (Fsp3) is 0.400. The minimum absolute atomic E-state index is 0. The molecule has 0 bridgehead atoms. The molecule has 1 aliphatic heterocycles. The molecule has 0 saturated carbocycles. The predicted molar refractivity (Wildman–Crippen MR) is 98.9 cm³/mol. The van der Waals surface area contributed by atoms with Gasteiger partial charge in [-0.15, -0.1) is 12.4 Å². The molecule has 1 N–H and O–H groups in total. The number of nitrogens with one attached hydrogen (secondary N) is 1. The first kappa shape index (κ1) is 23.5. The number of alkyl halides is 6. The van der Waals surface area contributed by atoms with E-state index >= 15 is 0 Å². The standard InChI is InChI=1S/C20H19F6NO.ClH/c21-19(22,23)15-8-13(9-16(10-15)20(24,25)26)12-28-18-6-7-27-11-17(18)14-4-2-1-3-5-14;/h1-5,8-10,17-18,27H,6-7,11-12H2;1H/t17-,18-;/m0./s1. The molecule has 0 aliphatic carbocycles. The van der Waals surface area contributed by atoms with Gasteiger partial charge in [0.25, 0.3) is 0 Å². The minimum atomic E-state index is -4.86. The highest BCUT2D eigenvalue weighted by molar-refractivity contribution is 5.85. The molecular formula is C20H20ClF6NO. The molecule has 2 aromatic carbocycles. The van der Waals surface area contributed by atoms with E-state index in [2.05, 4.69) is 5.32 Å². The first-order chi connectivity index (χ1) is 13.1. The molecule has 1 heterocycles. The van der Waals surface area contributed by atoms with Crippen molar-refractivity contribution in [1.82, 2.24) is 5.32 Å². The van der Waals surface area contributed by atoms with E-state index in [0.717, 1.165) is 5.56 Å². The van der Waals surface area contributed by atoms with Gasteiger partial charge in [0.05, 0.1) is 23.8 Å². The summed E-state index contributed by atoms with van der Waals surface area (Å²) >= 11 is 0. The molecule has 0 amide bonds. The summed E-state index contributed by atoms with van der Waals surface area (Å²) in [5.41, 5.74) is -1.79. The van der Waals surface area contributed by atoms with Gasteiger partial charge in [0.1, 0.15) is 0 Å². The van der Waals surface area contributed by atoms with Crippen LogP contribution in [0.15, 0.2) is 48.5 Å². The molecule has 2 nitrogen and oxygen atoms in total. The molecule has 0 spiro atoms. The molecule has 3 rings (SSSR count). The van der Waals surface area contributed by atoms with Gasteiger partial charge in [-0.05, 0) is 42.3 Å². The van der Waals surface area contributed by atoms with Crippen LogP contribution < -0.4 is 5.32 Å². The molecule has 0 radical (unpaired) electrons. The van der Waals surface area contributed by atoms with Crippen LogP contribution in [0.25, 0.3) is 0 Å². The van der Waals surface area contributed by atoms with Crippen LogP contribution in [0.1, 0.15) is 34.6 Å². The summed E-state index contributed by atoms with van der Waals surface area (Å²) < 4.78 is 83.8. The van der Waals surface area contributed by atoms with Crippen molar-refractivity contribution in [3.05, 3.63) is 70.8 Å². The van der Waals surface area contributed by atoms with Gasteiger partial charge in [0, 0.05) is 12.5 Å². The highest BCUT2D eigenvalue weighted by atomic mass is 35.5. The molecule has 9 heteroatoms. The van der Waals surface area contributed by atoms with E-state index in [-0.39, 0.29) is 42.7 Å². The molecule has 1 aliphatic rings. The monoisotopic (exact) mass is 439 g/mol. The second-order valence-corrected chi connectivity index (χ2v) is 6.77. The predicted octanol–water partition coefficient (Wildman–Crippen LogP) is 5.81. The summed E-state index contributed by atoms with van der Waals surface area (Å²) in [7, 11) is 0. The number of benzene rings is 2. The molecule has 1 saturated heterocycles. The first-order valence-corrected chi connectivity index (χ1v) is 8.80. The van der Waals surface area contributed by atoms with Crippen molar-refractivity contribution in [2.24, 2.45) is 0 Å². The third-order valence-electron chi connectivity index (χ3n) is 4.76. The zero-order valence-corrected chi connectivity index (χ0v) is 16.0. The van der Waals surface area contributed by atoms with Crippen molar-refractivity contribution in [2.75, 3.05) is 13.1 Å². The molecule has 0 aromatic heterocycles. The quantitative estimate of drug-likeness (QED) is 0.607. The van der Waals surface area contributed by atoms with Gasteiger partial charge >= 0.3 is 12.4 Å². The Morgan fingerprint density at radius 3 is 2.03 bits per heavy atom. The van der Waals surface area contributed by atoms with E-state index < -0.39 is 23.5 Å². The summed E-state index contributed by atoms with van der Waals surface area (Å²) in [6, 6.07) is 11.0. The van der Waals surface area contributed by atoms with Crippen molar-refractivity contribution in [1.29, 1.82) is 0 Å². The number of halogens is 7. The molecular weight excluding hydrogens is 420 g/mol. The number of rotatable bonds is 4. The third kappa shape index (κ3) is 6.10. The van der Waals surface area contributed by atoms with Crippen molar-refractivity contribution < 1.29 is 31.1 Å².